The number of Topliss-reactive ketones (excluding diaryl/α,β-unsaturated/α-hetero) is 1. The highest BCUT2D eigenvalue weighted by Gasteiger charge is 2.25. The lowest BCUT2D eigenvalue weighted by atomic mass is 9.94. The highest BCUT2D eigenvalue weighted by atomic mass is 31.2. The first-order valence-corrected chi connectivity index (χ1v) is 14.1. The smallest absolute Gasteiger partial charge is 0.404 e. The number of allylic oxidation sites excluding steroid dienone is 1. The quantitative estimate of drug-likeness (QED) is 0.0916. The lowest BCUT2D eigenvalue weighted by molar-refractivity contribution is 0.105. The molecule has 11 heteroatoms. The molecule has 4 rings (SSSR count). The maximum atomic E-state index is 13.5. The lowest BCUT2D eigenvalue weighted by Crippen LogP contribution is -2.04. The first-order chi connectivity index (χ1) is 18.1. The van der Waals surface area contributed by atoms with Gasteiger partial charge in [-0.25, -0.2) is 9.13 Å². The maximum Gasteiger partial charge on any atom is 0.584 e. The van der Waals surface area contributed by atoms with Crippen LogP contribution in [0.3, 0.4) is 0 Å². The molecule has 0 saturated carbocycles. The van der Waals surface area contributed by atoms with Gasteiger partial charge in [0.05, 0.1) is 0 Å². The van der Waals surface area contributed by atoms with Gasteiger partial charge in [0.2, 0.25) is 0 Å². The van der Waals surface area contributed by atoms with Gasteiger partial charge in [-0.2, -0.15) is 0 Å². The van der Waals surface area contributed by atoms with Gasteiger partial charge in [0.25, 0.3) is 0 Å². The van der Waals surface area contributed by atoms with Gasteiger partial charge in [-0.15, -0.1) is 0 Å². The van der Waals surface area contributed by atoms with Gasteiger partial charge in [-0.1, -0.05) is 60.7 Å². The average Bonchev–Trinajstić information content (AvgIpc) is 2.88. The van der Waals surface area contributed by atoms with Crippen molar-refractivity contribution < 1.29 is 42.2 Å². The number of benzene rings is 4. The van der Waals surface area contributed by atoms with E-state index in [4.69, 9.17) is 18.8 Å². The molecule has 0 aliphatic rings. The molecule has 1 unspecified atom stereocenters. The number of rotatable bonds is 10. The van der Waals surface area contributed by atoms with Crippen LogP contribution in [0.15, 0.2) is 109 Å². The van der Waals surface area contributed by atoms with Gasteiger partial charge in [0.1, 0.15) is 17.2 Å². The SMILES string of the molecule is O=C(C(=Cc1ccccc1)c1ccc(OP(=O)(O)O)cc1)c1ccc(OP(=O)(O)Oc2ccccc2)cc1. The van der Waals surface area contributed by atoms with E-state index < -0.39 is 15.6 Å². The van der Waals surface area contributed by atoms with Gasteiger partial charge >= 0.3 is 15.6 Å². The molecule has 0 radical (unpaired) electrons. The molecule has 0 amide bonds. The summed E-state index contributed by atoms with van der Waals surface area (Å²) in [4.78, 5) is 41.6. The second-order valence-corrected chi connectivity index (χ2v) is 10.4. The Labute approximate surface area is 218 Å². The first kappa shape index (κ1) is 27.1. The highest BCUT2D eigenvalue weighted by Crippen LogP contribution is 2.44. The van der Waals surface area contributed by atoms with Crippen molar-refractivity contribution in [1.82, 2.24) is 0 Å². The minimum absolute atomic E-state index is 0.0239. The van der Waals surface area contributed by atoms with Gasteiger partial charge in [0, 0.05) is 11.1 Å². The van der Waals surface area contributed by atoms with E-state index in [1.54, 1.807) is 24.3 Å². The summed E-state index contributed by atoms with van der Waals surface area (Å²) >= 11 is 0. The standard InChI is InChI=1S/C27H22O9P2/c28-27(22-13-17-25(18-14-22)36-38(32,33)35-23-9-5-2-6-10-23)26(19-20-7-3-1-4-8-20)21-11-15-24(16-12-21)34-37(29,30)31/h1-19H,(H,32,33)(H2,29,30,31). The average molecular weight is 552 g/mol. The van der Waals surface area contributed by atoms with E-state index >= 15 is 0 Å². The second kappa shape index (κ2) is 11.6. The zero-order valence-corrected chi connectivity index (χ0v) is 21.4. The molecule has 0 saturated heterocycles. The number of hydrogen-bond acceptors (Lipinski definition) is 6. The van der Waals surface area contributed by atoms with Crippen LogP contribution in [0, 0.1) is 0 Å². The molecule has 38 heavy (non-hydrogen) atoms. The third-order valence-electron chi connectivity index (χ3n) is 5.05. The maximum absolute atomic E-state index is 13.5. The summed E-state index contributed by atoms with van der Waals surface area (Å²) < 4.78 is 38.2. The summed E-state index contributed by atoms with van der Waals surface area (Å²) in [6.07, 6.45) is 1.68. The topological polar surface area (TPSA) is 140 Å². The van der Waals surface area contributed by atoms with Crippen LogP contribution >= 0.6 is 15.6 Å². The van der Waals surface area contributed by atoms with Crippen LogP contribution < -0.4 is 13.6 Å². The van der Waals surface area contributed by atoms with Crippen molar-refractivity contribution in [1.29, 1.82) is 0 Å². The van der Waals surface area contributed by atoms with Crippen molar-refractivity contribution in [3.05, 3.63) is 126 Å². The molecule has 1 atom stereocenters. The molecule has 4 aromatic carbocycles. The Morgan fingerprint density at radius 2 is 1.03 bits per heavy atom. The van der Waals surface area contributed by atoms with Crippen molar-refractivity contribution in [3.8, 4) is 17.2 Å². The van der Waals surface area contributed by atoms with E-state index in [0.717, 1.165) is 5.56 Å². The summed E-state index contributed by atoms with van der Waals surface area (Å²) in [7, 11) is -9.20. The monoisotopic (exact) mass is 552 g/mol. The molecule has 0 heterocycles. The van der Waals surface area contributed by atoms with Crippen LogP contribution in [-0.2, 0) is 9.13 Å². The van der Waals surface area contributed by atoms with Gasteiger partial charge in [-0.3, -0.25) is 19.5 Å². The second-order valence-electron chi connectivity index (χ2n) is 7.89. The summed E-state index contributed by atoms with van der Waals surface area (Å²) in [5.74, 6) is -0.230. The molecule has 3 N–H and O–H groups in total. The summed E-state index contributed by atoms with van der Waals surface area (Å²) in [5.41, 5.74) is 1.80. The summed E-state index contributed by atoms with van der Waals surface area (Å²) in [6.45, 7) is 0. The number of carbonyl (C=O) groups excluding carboxylic acids is 1. The number of carbonyl (C=O) groups is 1. The molecule has 0 bridgehead atoms. The predicted octanol–water partition coefficient (Wildman–Crippen LogP) is 6.14. The molecule has 4 aromatic rings. The van der Waals surface area contributed by atoms with Crippen molar-refractivity contribution in [2.75, 3.05) is 0 Å². The number of phosphoric ester groups is 2. The number of phosphoric acid groups is 2. The fraction of sp³-hybridized carbons (Fsp3) is 0. The predicted molar refractivity (Wildman–Crippen MR) is 142 cm³/mol. The Bertz CT molecular complexity index is 1510. The van der Waals surface area contributed by atoms with Crippen LogP contribution in [0.2, 0.25) is 0 Å². The van der Waals surface area contributed by atoms with E-state index in [2.05, 4.69) is 4.52 Å². The fourth-order valence-electron chi connectivity index (χ4n) is 3.42. The third-order valence-corrected chi connectivity index (χ3v) is 6.38. The minimum Gasteiger partial charge on any atom is -0.404 e. The Morgan fingerprint density at radius 3 is 1.55 bits per heavy atom. The largest absolute Gasteiger partial charge is 0.584 e. The van der Waals surface area contributed by atoms with Crippen molar-refractivity contribution in [3.63, 3.8) is 0 Å². The van der Waals surface area contributed by atoms with Crippen LogP contribution in [0.1, 0.15) is 21.5 Å². The molecule has 0 spiro atoms. The molecule has 9 nitrogen and oxygen atoms in total. The molecule has 194 valence electrons. The minimum atomic E-state index is -4.73. The number of para-hydroxylation sites is 1. The molecular formula is C27H22O9P2. The van der Waals surface area contributed by atoms with Crippen LogP contribution in [0.25, 0.3) is 11.6 Å². The first-order valence-electron chi connectivity index (χ1n) is 11.1. The highest BCUT2D eigenvalue weighted by molar-refractivity contribution is 7.48. The van der Waals surface area contributed by atoms with Gasteiger partial charge in [0.15, 0.2) is 5.78 Å². The van der Waals surface area contributed by atoms with Crippen LogP contribution in [0.4, 0.5) is 0 Å². The van der Waals surface area contributed by atoms with E-state index in [9.17, 15) is 18.8 Å². The van der Waals surface area contributed by atoms with Gasteiger partial charge in [-0.05, 0) is 65.7 Å². The number of hydrogen-bond donors (Lipinski definition) is 3. The van der Waals surface area contributed by atoms with Crippen LogP contribution in [0.5, 0.6) is 17.2 Å². The van der Waals surface area contributed by atoms with Crippen molar-refractivity contribution in [2.24, 2.45) is 0 Å². The van der Waals surface area contributed by atoms with Crippen LogP contribution in [-0.4, -0.2) is 20.5 Å². The van der Waals surface area contributed by atoms with Crippen molar-refractivity contribution in [2.45, 2.75) is 0 Å². The van der Waals surface area contributed by atoms with E-state index in [-0.39, 0.29) is 28.6 Å². The normalized spacial score (nSPS) is 13.3. The van der Waals surface area contributed by atoms with E-state index in [0.29, 0.717) is 11.1 Å². The summed E-state index contributed by atoms with van der Waals surface area (Å²) in [6, 6.07) is 28.6. The molecule has 0 aliphatic carbocycles. The Morgan fingerprint density at radius 1 is 0.579 bits per heavy atom. The Kier molecular flexibility index (Phi) is 8.27. The molecule has 0 aliphatic heterocycles. The molecular weight excluding hydrogens is 530 g/mol. The third kappa shape index (κ3) is 7.76. The van der Waals surface area contributed by atoms with E-state index in [1.807, 2.05) is 30.3 Å². The zero-order chi connectivity index (χ0) is 27.2. The van der Waals surface area contributed by atoms with Crippen molar-refractivity contribution >= 4 is 33.1 Å². The van der Waals surface area contributed by atoms with E-state index in [1.165, 1.54) is 60.7 Å². The Hall–Kier alpha value is -3.97. The molecule has 0 fully saturated rings. The lowest BCUT2D eigenvalue weighted by Gasteiger charge is -2.14. The number of ketones is 1. The van der Waals surface area contributed by atoms with Gasteiger partial charge < -0.3 is 13.6 Å². The zero-order valence-electron chi connectivity index (χ0n) is 19.7. The summed E-state index contributed by atoms with van der Waals surface area (Å²) in [5, 5.41) is 0. The Balaban J connectivity index is 1.58. The molecule has 0 aromatic heterocycles. The fourth-order valence-corrected chi connectivity index (χ4v) is 4.63.